The zero-order chi connectivity index (χ0) is 19.6. The molecule has 4 aliphatic rings. The van der Waals surface area contributed by atoms with Crippen LogP contribution in [0.4, 0.5) is 0 Å². The van der Waals surface area contributed by atoms with Crippen LogP contribution in [0.2, 0.25) is 0 Å². The third kappa shape index (κ3) is 4.40. The molecule has 4 saturated carbocycles. The predicted octanol–water partition coefficient (Wildman–Crippen LogP) is 3.58. The topological polar surface area (TPSA) is 64.6 Å². The summed E-state index contributed by atoms with van der Waals surface area (Å²) >= 11 is 0. The van der Waals surface area contributed by atoms with Gasteiger partial charge in [0.15, 0.2) is 6.61 Å². The number of hydrogen-bond donors (Lipinski definition) is 1. The van der Waals surface area contributed by atoms with Gasteiger partial charge in [-0.05, 0) is 85.5 Å². The van der Waals surface area contributed by atoms with Gasteiger partial charge in [0.2, 0.25) is 0 Å². The SMILES string of the molecule is COc1cccc(/C=C/C(=O)OCC(=O)NCC23CC4CC(CC(C4)C2)C3)c1. The molecule has 0 heterocycles. The molecule has 5 rings (SSSR count). The number of nitrogens with one attached hydrogen (secondary N) is 1. The Kier molecular flexibility index (Phi) is 5.42. The first-order valence-electron chi connectivity index (χ1n) is 10.3. The van der Waals surface area contributed by atoms with Crippen molar-refractivity contribution in [1.29, 1.82) is 0 Å². The predicted molar refractivity (Wildman–Crippen MR) is 107 cm³/mol. The van der Waals surface area contributed by atoms with E-state index >= 15 is 0 Å². The Hall–Kier alpha value is -2.30. The number of rotatable bonds is 7. The molecule has 0 radical (unpaired) electrons. The molecule has 0 aliphatic heterocycles. The van der Waals surface area contributed by atoms with Gasteiger partial charge in [-0.2, -0.15) is 0 Å². The second kappa shape index (κ2) is 7.98. The first kappa shape index (κ1) is 19.0. The molecule has 4 fully saturated rings. The number of carbonyl (C=O) groups is 2. The van der Waals surface area contributed by atoms with Gasteiger partial charge < -0.3 is 14.8 Å². The quantitative estimate of drug-likeness (QED) is 0.577. The van der Waals surface area contributed by atoms with E-state index in [0.29, 0.717) is 5.41 Å². The van der Waals surface area contributed by atoms with E-state index in [4.69, 9.17) is 9.47 Å². The van der Waals surface area contributed by atoms with Gasteiger partial charge >= 0.3 is 5.97 Å². The molecule has 0 unspecified atom stereocenters. The zero-order valence-corrected chi connectivity index (χ0v) is 16.5. The van der Waals surface area contributed by atoms with E-state index < -0.39 is 5.97 Å². The molecule has 5 nitrogen and oxygen atoms in total. The van der Waals surface area contributed by atoms with Crippen molar-refractivity contribution < 1.29 is 19.1 Å². The maximum atomic E-state index is 12.2. The van der Waals surface area contributed by atoms with Gasteiger partial charge in [-0.1, -0.05) is 12.1 Å². The third-order valence-electron chi connectivity index (χ3n) is 6.68. The summed E-state index contributed by atoms with van der Waals surface area (Å²) in [5.74, 6) is 2.58. The summed E-state index contributed by atoms with van der Waals surface area (Å²) in [5, 5.41) is 3.03. The number of hydrogen-bond acceptors (Lipinski definition) is 4. The average molecular weight is 383 g/mol. The molecule has 0 saturated heterocycles. The van der Waals surface area contributed by atoms with Crippen LogP contribution in [0.15, 0.2) is 30.3 Å². The second-order valence-corrected chi connectivity index (χ2v) is 8.91. The maximum Gasteiger partial charge on any atom is 0.331 e. The van der Waals surface area contributed by atoms with Crippen LogP contribution in [-0.2, 0) is 14.3 Å². The van der Waals surface area contributed by atoms with Crippen LogP contribution in [0.1, 0.15) is 44.1 Å². The molecule has 0 spiro atoms. The summed E-state index contributed by atoms with van der Waals surface area (Å²) in [6, 6.07) is 7.37. The normalized spacial score (nSPS) is 30.4. The van der Waals surface area contributed by atoms with Crippen LogP contribution in [-0.4, -0.2) is 32.1 Å². The Balaban J connectivity index is 1.21. The molecular weight excluding hydrogens is 354 g/mol. The fourth-order valence-corrected chi connectivity index (χ4v) is 5.94. The highest BCUT2D eigenvalue weighted by molar-refractivity contribution is 5.89. The lowest BCUT2D eigenvalue weighted by molar-refractivity contribution is -0.144. The standard InChI is InChI=1S/C23H29NO4/c1-27-20-4-2-3-16(10-20)5-6-22(26)28-14-21(25)24-15-23-11-17-7-18(12-23)9-19(8-17)13-23/h2-6,10,17-19H,7-9,11-15H2,1H3,(H,24,25)/b6-5+. The van der Waals surface area contributed by atoms with Gasteiger partial charge in [0.1, 0.15) is 5.75 Å². The lowest BCUT2D eigenvalue weighted by Gasteiger charge is -2.56. The summed E-state index contributed by atoms with van der Waals surface area (Å²) in [6.07, 6.45) is 10.9. The Morgan fingerprint density at radius 3 is 2.46 bits per heavy atom. The van der Waals surface area contributed by atoms with Crippen molar-refractivity contribution >= 4 is 18.0 Å². The van der Waals surface area contributed by atoms with Crippen molar-refractivity contribution in [2.24, 2.45) is 23.2 Å². The molecule has 4 bridgehead atoms. The largest absolute Gasteiger partial charge is 0.497 e. The highest BCUT2D eigenvalue weighted by atomic mass is 16.5. The van der Waals surface area contributed by atoms with E-state index in [0.717, 1.165) is 35.6 Å². The maximum absolute atomic E-state index is 12.2. The van der Waals surface area contributed by atoms with E-state index in [1.807, 2.05) is 24.3 Å². The number of amides is 1. The minimum absolute atomic E-state index is 0.209. The summed E-state index contributed by atoms with van der Waals surface area (Å²) in [4.78, 5) is 24.1. The first-order chi connectivity index (χ1) is 13.5. The molecule has 1 aromatic carbocycles. The van der Waals surface area contributed by atoms with Crippen molar-refractivity contribution in [3.63, 3.8) is 0 Å². The summed E-state index contributed by atoms with van der Waals surface area (Å²) in [6.45, 7) is 0.500. The van der Waals surface area contributed by atoms with E-state index in [9.17, 15) is 9.59 Å². The zero-order valence-electron chi connectivity index (χ0n) is 16.5. The van der Waals surface area contributed by atoms with Crippen LogP contribution in [0, 0.1) is 23.2 Å². The Morgan fingerprint density at radius 2 is 1.82 bits per heavy atom. The van der Waals surface area contributed by atoms with Crippen molar-refractivity contribution in [3.8, 4) is 5.75 Å². The monoisotopic (exact) mass is 383 g/mol. The lowest BCUT2D eigenvalue weighted by Crippen LogP contribution is -2.51. The van der Waals surface area contributed by atoms with Gasteiger partial charge in [-0.15, -0.1) is 0 Å². The van der Waals surface area contributed by atoms with Crippen LogP contribution in [0.3, 0.4) is 0 Å². The van der Waals surface area contributed by atoms with Crippen LogP contribution in [0.25, 0.3) is 6.08 Å². The Morgan fingerprint density at radius 1 is 1.14 bits per heavy atom. The number of methoxy groups -OCH3 is 1. The Bertz CT molecular complexity index is 734. The fourth-order valence-electron chi connectivity index (χ4n) is 5.94. The number of esters is 1. The van der Waals surface area contributed by atoms with Crippen molar-refractivity contribution in [1.82, 2.24) is 5.32 Å². The molecule has 4 aliphatic carbocycles. The Labute approximate surface area is 166 Å². The highest BCUT2D eigenvalue weighted by Gasteiger charge is 2.50. The molecule has 1 amide bonds. The van der Waals surface area contributed by atoms with Crippen molar-refractivity contribution in [2.45, 2.75) is 38.5 Å². The molecule has 1 aromatic rings. The molecule has 0 aromatic heterocycles. The van der Waals surface area contributed by atoms with Gasteiger partial charge in [0.25, 0.3) is 5.91 Å². The number of benzene rings is 1. The number of ether oxygens (including phenoxy) is 2. The fraction of sp³-hybridized carbons (Fsp3) is 0.565. The molecule has 28 heavy (non-hydrogen) atoms. The molecule has 150 valence electrons. The van der Waals surface area contributed by atoms with Crippen LogP contribution >= 0.6 is 0 Å². The minimum atomic E-state index is -0.521. The van der Waals surface area contributed by atoms with E-state index in [-0.39, 0.29) is 12.5 Å². The van der Waals surface area contributed by atoms with Crippen LogP contribution in [0.5, 0.6) is 5.75 Å². The molecular formula is C23H29NO4. The van der Waals surface area contributed by atoms with Gasteiger partial charge in [0, 0.05) is 12.6 Å². The van der Waals surface area contributed by atoms with Crippen molar-refractivity contribution in [3.05, 3.63) is 35.9 Å². The van der Waals surface area contributed by atoms with Gasteiger partial charge in [-0.3, -0.25) is 4.79 Å². The van der Waals surface area contributed by atoms with Crippen LogP contribution < -0.4 is 10.1 Å². The highest BCUT2D eigenvalue weighted by Crippen LogP contribution is 2.59. The van der Waals surface area contributed by atoms with E-state index in [1.165, 1.54) is 44.6 Å². The van der Waals surface area contributed by atoms with E-state index in [1.54, 1.807) is 13.2 Å². The second-order valence-electron chi connectivity index (χ2n) is 8.91. The molecule has 1 N–H and O–H groups in total. The molecule has 0 atom stereocenters. The molecule has 5 heteroatoms. The number of carbonyl (C=O) groups excluding carboxylic acids is 2. The van der Waals surface area contributed by atoms with Gasteiger partial charge in [0.05, 0.1) is 7.11 Å². The van der Waals surface area contributed by atoms with Gasteiger partial charge in [-0.25, -0.2) is 4.79 Å². The van der Waals surface area contributed by atoms with E-state index in [2.05, 4.69) is 5.32 Å². The summed E-state index contributed by atoms with van der Waals surface area (Å²) < 4.78 is 10.2. The lowest BCUT2D eigenvalue weighted by atomic mass is 9.49. The minimum Gasteiger partial charge on any atom is -0.497 e. The summed E-state index contributed by atoms with van der Waals surface area (Å²) in [5.41, 5.74) is 1.13. The third-order valence-corrected chi connectivity index (χ3v) is 6.68. The smallest absolute Gasteiger partial charge is 0.331 e. The average Bonchev–Trinajstić information content (AvgIpc) is 2.68. The van der Waals surface area contributed by atoms with Crippen molar-refractivity contribution in [2.75, 3.05) is 20.3 Å². The first-order valence-corrected chi connectivity index (χ1v) is 10.3. The summed E-state index contributed by atoms with van der Waals surface area (Å²) in [7, 11) is 1.60.